The van der Waals surface area contributed by atoms with Crippen LogP contribution in [0.2, 0.25) is 0 Å². The van der Waals surface area contributed by atoms with Gasteiger partial charge in [-0.15, -0.1) is 0 Å². The number of hydrogen-bond donors (Lipinski definition) is 0. The van der Waals surface area contributed by atoms with Gasteiger partial charge in [-0.25, -0.2) is 0 Å². The van der Waals surface area contributed by atoms with Crippen LogP contribution in [-0.2, 0) is 4.74 Å². The first-order chi connectivity index (χ1) is 6.52. The van der Waals surface area contributed by atoms with Crippen LogP contribution in [0.25, 0.3) is 0 Å². The highest BCUT2D eigenvalue weighted by Gasteiger charge is 2.68. The average Bonchev–Trinajstić information content (AvgIpc) is 2.02. The largest absolute Gasteiger partial charge is 0.472 e. The highest BCUT2D eigenvalue weighted by Crippen LogP contribution is 2.44. The maximum absolute atomic E-state index is 12.0. The van der Waals surface area contributed by atoms with Gasteiger partial charge in [-0.2, -0.15) is 39.5 Å². The zero-order chi connectivity index (χ0) is 12.4. The van der Waals surface area contributed by atoms with E-state index in [1.165, 1.54) is 0 Å². The van der Waals surface area contributed by atoms with E-state index >= 15 is 0 Å². The van der Waals surface area contributed by atoms with E-state index in [1.54, 1.807) is 0 Å². The second-order valence-electron chi connectivity index (χ2n) is 1.99. The van der Waals surface area contributed by atoms with Crippen LogP contribution in [0, 0.1) is 6.43 Å². The molecule has 0 fully saturated rings. The number of rotatable bonds is 4. The molecule has 15 heavy (non-hydrogen) atoms. The summed E-state index contributed by atoms with van der Waals surface area (Å²) in [7, 11) is 0. The summed E-state index contributed by atoms with van der Waals surface area (Å²) in [5, 5.41) is 0. The Morgan fingerprint density at radius 3 is 1.47 bits per heavy atom. The number of alkyl halides is 4. The number of halogens is 9. The molecule has 0 N–H and O–H groups in total. The molecule has 0 aromatic carbocycles. The first-order valence-corrected chi connectivity index (χ1v) is 2.86. The third-order valence-electron chi connectivity index (χ3n) is 0.969. The molecule has 0 aromatic heterocycles. The van der Waals surface area contributed by atoms with Gasteiger partial charge in [0, 0.05) is 0 Å². The van der Waals surface area contributed by atoms with Crippen LogP contribution >= 0.6 is 0 Å². The molecule has 0 bridgehead atoms. The van der Waals surface area contributed by atoms with Crippen LogP contribution < -0.4 is 0 Å². The lowest BCUT2D eigenvalue weighted by Gasteiger charge is -2.23. The summed E-state index contributed by atoms with van der Waals surface area (Å²) in [4.78, 5) is 0. The lowest BCUT2D eigenvalue weighted by atomic mass is 10.3. The molecule has 89 valence electrons. The van der Waals surface area contributed by atoms with Gasteiger partial charge in [0.15, 0.2) is 0 Å². The second kappa shape index (κ2) is 4.19. The molecule has 0 saturated carbocycles. The van der Waals surface area contributed by atoms with Crippen molar-refractivity contribution in [3.8, 4) is 0 Å². The maximum Gasteiger partial charge on any atom is 0.472 e. The van der Waals surface area contributed by atoms with Crippen LogP contribution in [0.1, 0.15) is 0 Å². The molecule has 0 atom stereocenters. The molecule has 0 saturated heterocycles. The first kappa shape index (κ1) is 13.9. The second-order valence-corrected chi connectivity index (χ2v) is 1.99. The molecular weight excluding hydrogens is 247 g/mol. The smallest absolute Gasteiger partial charge is 0.397 e. The van der Waals surface area contributed by atoms with Gasteiger partial charge in [0.1, 0.15) is 0 Å². The summed E-state index contributed by atoms with van der Waals surface area (Å²) in [5.74, 6) is -6.17. The van der Waals surface area contributed by atoms with Gasteiger partial charge in [0.05, 0.1) is 0 Å². The number of hydrogen-bond acceptors (Lipinski definition) is 1. The molecule has 0 aliphatic rings. The molecule has 0 aromatic rings. The van der Waals surface area contributed by atoms with E-state index in [0.29, 0.717) is 0 Å². The Hall–Kier alpha value is -1.09. The first-order valence-electron chi connectivity index (χ1n) is 2.86. The van der Waals surface area contributed by atoms with Crippen molar-refractivity contribution in [2.45, 2.75) is 12.0 Å². The molecule has 0 amide bonds. The van der Waals surface area contributed by atoms with Gasteiger partial charge in [-0.3, -0.25) is 0 Å². The Morgan fingerprint density at radius 1 is 0.800 bits per heavy atom. The molecule has 0 rings (SSSR count). The van der Waals surface area contributed by atoms with Gasteiger partial charge in [-0.05, 0) is 0 Å². The quantitative estimate of drug-likeness (QED) is 0.543. The SMILES string of the molecule is F[C](F)C(F)(F)C(F)(F)OC(F)=C(F)F. The Kier molecular flexibility index (Phi) is 3.88. The lowest BCUT2D eigenvalue weighted by molar-refractivity contribution is -0.347. The topological polar surface area (TPSA) is 9.23 Å². The highest BCUT2D eigenvalue weighted by molar-refractivity contribution is 4.94. The van der Waals surface area contributed by atoms with Crippen molar-refractivity contribution in [3.63, 3.8) is 0 Å². The van der Waals surface area contributed by atoms with Gasteiger partial charge in [-0.1, -0.05) is 0 Å². The maximum atomic E-state index is 12.0. The summed E-state index contributed by atoms with van der Waals surface area (Å²) in [6.45, 7) is 0. The van der Waals surface area contributed by atoms with Crippen LogP contribution in [0.3, 0.4) is 0 Å². The van der Waals surface area contributed by atoms with Crippen molar-refractivity contribution >= 4 is 0 Å². The molecule has 0 aliphatic heterocycles. The zero-order valence-corrected chi connectivity index (χ0v) is 6.31. The fourth-order valence-corrected chi connectivity index (χ4v) is 0.325. The van der Waals surface area contributed by atoms with Gasteiger partial charge in [0.2, 0.25) is 0 Å². The molecule has 1 radical (unpaired) electrons. The monoisotopic (exact) mass is 247 g/mol. The van der Waals surface area contributed by atoms with Crippen LogP contribution in [0.15, 0.2) is 12.1 Å². The lowest BCUT2D eigenvalue weighted by Crippen LogP contribution is -2.44. The molecule has 0 unspecified atom stereocenters. The van der Waals surface area contributed by atoms with E-state index < -0.39 is 30.6 Å². The van der Waals surface area contributed by atoms with Crippen molar-refractivity contribution < 1.29 is 44.3 Å². The van der Waals surface area contributed by atoms with E-state index in [1.807, 2.05) is 0 Å². The average molecular weight is 247 g/mol. The van der Waals surface area contributed by atoms with Crippen molar-refractivity contribution in [2.24, 2.45) is 0 Å². The molecular formula is C5F9O. The standard InChI is InChI=1S/C5F9O/c6-1(7)2(8)15-5(13,14)4(11,12)3(9)10. The zero-order valence-electron chi connectivity index (χ0n) is 6.31. The van der Waals surface area contributed by atoms with Crippen LogP contribution in [-0.4, -0.2) is 12.0 Å². The highest BCUT2D eigenvalue weighted by atomic mass is 19.3. The summed E-state index contributed by atoms with van der Waals surface area (Å²) >= 11 is 0. The Bertz CT molecular complexity index is 253. The normalized spacial score (nSPS) is 12.9. The Balaban J connectivity index is 4.92. The van der Waals surface area contributed by atoms with Gasteiger partial charge in [0.25, 0.3) is 0 Å². The summed E-state index contributed by atoms with van der Waals surface area (Å²) in [6.07, 6.45) is -13.7. The summed E-state index contributed by atoms with van der Waals surface area (Å²) < 4.78 is 106. The van der Waals surface area contributed by atoms with Crippen molar-refractivity contribution in [1.82, 2.24) is 0 Å². The van der Waals surface area contributed by atoms with Gasteiger partial charge < -0.3 is 4.74 Å². The van der Waals surface area contributed by atoms with Crippen LogP contribution in [0.4, 0.5) is 39.5 Å². The Morgan fingerprint density at radius 2 is 1.20 bits per heavy atom. The predicted molar refractivity (Wildman–Crippen MR) is 26.8 cm³/mol. The summed E-state index contributed by atoms with van der Waals surface area (Å²) in [6, 6.07) is -3.36. The third-order valence-corrected chi connectivity index (χ3v) is 0.969. The minimum absolute atomic E-state index is 2.10. The Labute approximate surface area is 76.1 Å². The van der Waals surface area contributed by atoms with Crippen molar-refractivity contribution in [2.75, 3.05) is 0 Å². The predicted octanol–water partition coefficient (Wildman–Crippen LogP) is 3.69. The minimum atomic E-state index is -6.17. The van der Waals surface area contributed by atoms with E-state index in [2.05, 4.69) is 4.74 Å². The fraction of sp³-hybridized carbons (Fsp3) is 0.400. The molecule has 0 heterocycles. The summed E-state index contributed by atoms with van der Waals surface area (Å²) in [5.41, 5.74) is 0. The van der Waals surface area contributed by atoms with E-state index in [-0.39, 0.29) is 0 Å². The van der Waals surface area contributed by atoms with Crippen molar-refractivity contribution in [3.05, 3.63) is 18.5 Å². The van der Waals surface area contributed by atoms with Crippen LogP contribution in [0.5, 0.6) is 0 Å². The van der Waals surface area contributed by atoms with E-state index in [4.69, 9.17) is 0 Å². The number of ether oxygens (including phenoxy) is 1. The molecule has 0 aliphatic carbocycles. The van der Waals surface area contributed by atoms with Gasteiger partial charge >= 0.3 is 30.6 Å². The van der Waals surface area contributed by atoms with Crippen molar-refractivity contribution in [1.29, 1.82) is 0 Å². The van der Waals surface area contributed by atoms with E-state index in [0.717, 1.165) is 0 Å². The third kappa shape index (κ3) is 2.93. The van der Waals surface area contributed by atoms with E-state index in [9.17, 15) is 39.5 Å². The fourth-order valence-electron chi connectivity index (χ4n) is 0.325. The minimum Gasteiger partial charge on any atom is -0.397 e. The molecule has 10 heteroatoms. The molecule has 0 spiro atoms. The molecule has 1 nitrogen and oxygen atoms in total.